The summed E-state index contributed by atoms with van der Waals surface area (Å²) in [6.07, 6.45) is 2.25. The summed E-state index contributed by atoms with van der Waals surface area (Å²) >= 11 is 0. The minimum Gasteiger partial charge on any atom is -0.368 e. The van der Waals surface area contributed by atoms with Gasteiger partial charge in [-0.3, -0.25) is 19.4 Å². The average Bonchev–Trinajstić information content (AvgIpc) is 3.58. The number of anilines is 1. The van der Waals surface area contributed by atoms with Crippen LogP contribution in [0.25, 0.3) is 0 Å². The van der Waals surface area contributed by atoms with Crippen molar-refractivity contribution < 1.29 is 9.59 Å². The molecule has 2 amide bonds. The van der Waals surface area contributed by atoms with Gasteiger partial charge in [-0.2, -0.15) is 0 Å². The molecule has 3 aliphatic rings. The summed E-state index contributed by atoms with van der Waals surface area (Å²) in [5, 5.41) is 3.05. The number of carbonyl (C=O) groups excluding carboxylic acids is 2. The van der Waals surface area contributed by atoms with Crippen LogP contribution >= 0.6 is 0 Å². The Balaban J connectivity index is 1.20. The Morgan fingerprint density at radius 1 is 0.966 bits per heavy atom. The molecule has 29 heavy (non-hydrogen) atoms. The maximum atomic E-state index is 13.0. The minimum atomic E-state index is -0.0966. The molecule has 0 unspecified atom stereocenters. The Kier molecular flexibility index (Phi) is 6.35. The molecule has 0 bridgehead atoms. The minimum absolute atomic E-state index is 0.0966. The molecule has 1 aliphatic carbocycles. The van der Waals surface area contributed by atoms with Crippen LogP contribution in [-0.2, 0) is 9.59 Å². The zero-order chi connectivity index (χ0) is 20.2. The van der Waals surface area contributed by atoms with Crippen LogP contribution in [0.1, 0.15) is 19.8 Å². The third-order valence-corrected chi connectivity index (χ3v) is 6.33. The topological polar surface area (TPSA) is 59.1 Å². The molecular weight excluding hydrogens is 366 g/mol. The van der Waals surface area contributed by atoms with E-state index in [0.29, 0.717) is 12.6 Å². The lowest BCUT2D eigenvalue weighted by Crippen LogP contribution is -2.58. The summed E-state index contributed by atoms with van der Waals surface area (Å²) in [5.41, 5.74) is 1.23. The molecule has 158 valence electrons. The lowest BCUT2D eigenvalue weighted by atomic mass is 10.1. The molecular formula is C22H33N5O2. The molecule has 1 N–H and O–H groups in total. The van der Waals surface area contributed by atoms with Gasteiger partial charge in [0.1, 0.15) is 0 Å². The van der Waals surface area contributed by atoms with E-state index in [9.17, 15) is 9.59 Å². The molecule has 1 saturated carbocycles. The van der Waals surface area contributed by atoms with Gasteiger partial charge < -0.3 is 15.1 Å². The summed E-state index contributed by atoms with van der Waals surface area (Å²) < 4.78 is 0. The van der Waals surface area contributed by atoms with Crippen molar-refractivity contribution in [3.8, 4) is 0 Å². The van der Waals surface area contributed by atoms with E-state index in [1.807, 2.05) is 17.9 Å². The number of piperazine rings is 2. The Morgan fingerprint density at radius 3 is 2.24 bits per heavy atom. The number of amides is 2. The van der Waals surface area contributed by atoms with Gasteiger partial charge in [0.05, 0.1) is 12.6 Å². The standard InChI is InChI=1S/C22H33N5O2/c1-18(25-11-9-24(10-12-25)17-21(28)23-19-7-8-19)22(29)27-15-13-26(14-16-27)20-5-3-2-4-6-20/h2-6,18-19H,7-17H2,1H3,(H,23,28)/t18-/m1/s1. The van der Waals surface area contributed by atoms with Crippen molar-refractivity contribution in [3.63, 3.8) is 0 Å². The fourth-order valence-electron chi connectivity index (χ4n) is 4.26. The Labute approximate surface area is 173 Å². The highest BCUT2D eigenvalue weighted by Gasteiger charge is 2.31. The number of rotatable bonds is 6. The fraction of sp³-hybridized carbons (Fsp3) is 0.636. The number of hydrogen-bond acceptors (Lipinski definition) is 5. The molecule has 0 radical (unpaired) electrons. The second-order valence-electron chi connectivity index (χ2n) is 8.48. The Hall–Kier alpha value is -2.12. The van der Waals surface area contributed by atoms with E-state index >= 15 is 0 Å². The third kappa shape index (κ3) is 5.28. The van der Waals surface area contributed by atoms with Gasteiger partial charge in [-0.15, -0.1) is 0 Å². The molecule has 4 rings (SSSR count). The Morgan fingerprint density at radius 2 is 1.62 bits per heavy atom. The molecule has 1 aromatic rings. The van der Waals surface area contributed by atoms with E-state index in [4.69, 9.17) is 0 Å². The molecule has 7 nitrogen and oxygen atoms in total. The second kappa shape index (κ2) is 9.13. The van der Waals surface area contributed by atoms with Crippen molar-refractivity contribution in [1.82, 2.24) is 20.0 Å². The van der Waals surface area contributed by atoms with Gasteiger partial charge in [-0.1, -0.05) is 18.2 Å². The molecule has 1 aromatic carbocycles. The fourth-order valence-corrected chi connectivity index (χ4v) is 4.26. The number of nitrogens with zero attached hydrogens (tertiary/aromatic N) is 4. The van der Waals surface area contributed by atoms with Gasteiger partial charge in [0.25, 0.3) is 0 Å². The first-order chi connectivity index (χ1) is 14.1. The summed E-state index contributed by atoms with van der Waals surface area (Å²) in [5.74, 6) is 0.374. The van der Waals surface area contributed by atoms with Gasteiger partial charge in [-0.05, 0) is 31.9 Å². The van der Waals surface area contributed by atoms with E-state index in [-0.39, 0.29) is 17.9 Å². The molecule has 3 fully saturated rings. The highest BCUT2D eigenvalue weighted by atomic mass is 16.2. The van der Waals surface area contributed by atoms with E-state index < -0.39 is 0 Å². The maximum absolute atomic E-state index is 13.0. The average molecular weight is 400 g/mol. The number of carbonyl (C=O) groups is 2. The van der Waals surface area contributed by atoms with Crippen LogP contribution in [0.2, 0.25) is 0 Å². The molecule has 0 spiro atoms. The van der Waals surface area contributed by atoms with Crippen molar-refractivity contribution >= 4 is 17.5 Å². The lowest BCUT2D eigenvalue weighted by Gasteiger charge is -2.41. The molecule has 2 heterocycles. The normalized spacial score (nSPS) is 22.4. The predicted octanol–water partition coefficient (Wildman–Crippen LogP) is 0.620. The van der Waals surface area contributed by atoms with Crippen molar-refractivity contribution in [3.05, 3.63) is 30.3 Å². The van der Waals surface area contributed by atoms with E-state index in [1.165, 1.54) is 5.69 Å². The van der Waals surface area contributed by atoms with Crippen LogP contribution < -0.4 is 10.2 Å². The van der Waals surface area contributed by atoms with Crippen LogP contribution in [0.3, 0.4) is 0 Å². The largest absolute Gasteiger partial charge is 0.368 e. The van der Waals surface area contributed by atoms with Gasteiger partial charge in [-0.25, -0.2) is 0 Å². The lowest BCUT2D eigenvalue weighted by molar-refractivity contribution is -0.137. The zero-order valence-electron chi connectivity index (χ0n) is 17.4. The first-order valence-corrected chi connectivity index (χ1v) is 10.9. The number of benzene rings is 1. The first kappa shape index (κ1) is 20.2. The summed E-state index contributed by atoms with van der Waals surface area (Å²) in [7, 11) is 0. The predicted molar refractivity (Wildman–Crippen MR) is 114 cm³/mol. The summed E-state index contributed by atoms with van der Waals surface area (Å²) in [6.45, 7) is 9.20. The number of nitrogens with one attached hydrogen (secondary N) is 1. The number of para-hydroxylation sites is 1. The molecule has 1 atom stereocenters. The van der Waals surface area contributed by atoms with Crippen molar-refractivity contribution in [2.75, 3.05) is 63.8 Å². The summed E-state index contributed by atoms with van der Waals surface area (Å²) in [6, 6.07) is 10.7. The van der Waals surface area contributed by atoms with Crippen LogP contribution in [0.5, 0.6) is 0 Å². The van der Waals surface area contributed by atoms with Gasteiger partial charge in [0, 0.05) is 64.1 Å². The van der Waals surface area contributed by atoms with Gasteiger partial charge in [0.2, 0.25) is 11.8 Å². The van der Waals surface area contributed by atoms with Gasteiger partial charge in [0.15, 0.2) is 0 Å². The zero-order valence-corrected chi connectivity index (χ0v) is 17.4. The SMILES string of the molecule is C[C@H](C(=O)N1CCN(c2ccccc2)CC1)N1CCN(CC(=O)NC2CC2)CC1. The van der Waals surface area contributed by atoms with E-state index in [1.54, 1.807) is 0 Å². The van der Waals surface area contributed by atoms with Gasteiger partial charge >= 0.3 is 0 Å². The third-order valence-electron chi connectivity index (χ3n) is 6.33. The molecule has 2 saturated heterocycles. The van der Waals surface area contributed by atoms with Crippen LogP contribution in [0.15, 0.2) is 30.3 Å². The quantitative estimate of drug-likeness (QED) is 0.760. The van der Waals surface area contributed by atoms with E-state index in [0.717, 1.165) is 65.2 Å². The monoisotopic (exact) mass is 399 g/mol. The maximum Gasteiger partial charge on any atom is 0.239 e. The summed E-state index contributed by atoms with van der Waals surface area (Å²) in [4.78, 5) is 33.8. The first-order valence-electron chi connectivity index (χ1n) is 10.9. The van der Waals surface area contributed by atoms with Crippen molar-refractivity contribution in [2.45, 2.75) is 31.8 Å². The highest BCUT2D eigenvalue weighted by Crippen LogP contribution is 2.19. The molecule has 0 aromatic heterocycles. The Bertz CT molecular complexity index is 692. The number of hydrogen-bond donors (Lipinski definition) is 1. The van der Waals surface area contributed by atoms with E-state index in [2.05, 4.69) is 44.3 Å². The van der Waals surface area contributed by atoms with Crippen LogP contribution in [0.4, 0.5) is 5.69 Å². The second-order valence-corrected chi connectivity index (χ2v) is 8.48. The highest BCUT2D eigenvalue weighted by molar-refractivity contribution is 5.82. The molecule has 2 aliphatic heterocycles. The van der Waals surface area contributed by atoms with Crippen molar-refractivity contribution in [1.29, 1.82) is 0 Å². The van der Waals surface area contributed by atoms with Crippen LogP contribution in [-0.4, -0.2) is 97.5 Å². The van der Waals surface area contributed by atoms with Crippen LogP contribution in [0, 0.1) is 0 Å². The molecule has 7 heteroatoms. The smallest absolute Gasteiger partial charge is 0.239 e. The van der Waals surface area contributed by atoms with Crippen molar-refractivity contribution in [2.24, 2.45) is 0 Å².